The first-order valence-electron chi connectivity index (χ1n) is 7.24. The number of hydrogen-bond acceptors (Lipinski definition) is 3. The van der Waals surface area contributed by atoms with E-state index >= 15 is 0 Å². The molecule has 0 aromatic heterocycles. The molecule has 2 aliphatic heterocycles. The van der Waals surface area contributed by atoms with Gasteiger partial charge in [0.05, 0.1) is 17.4 Å². The van der Waals surface area contributed by atoms with Crippen LogP contribution in [-0.4, -0.2) is 35.8 Å². The van der Waals surface area contributed by atoms with Gasteiger partial charge in [0.25, 0.3) is 5.78 Å². The number of fused-ring (bicyclic) bond motifs is 1. The van der Waals surface area contributed by atoms with E-state index in [0.717, 1.165) is 29.9 Å². The van der Waals surface area contributed by atoms with Gasteiger partial charge in [-0.2, -0.15) is 0 Å². The molecule has 1 aromatic carbocycles. The standard InChI is InChI=1S/C16H20N2O2/c1-10-6-7-11(2)14-13(10)15(19)16(20)18(14)12(3)17-8-4-5-9-17/h6-7,12H,4-5,8-9H2,1-3H3. The molecule has 0 aliphatic carbocycles. The Morgan fingerprint density at radius 3 is 2.30 bits per heavy atom. The number of hydrogen-bond donors (Lipinski definition) is 0. The summed E-state index contributed by atoms with van der Waals surface area (Å²) < 4.78 is 0. The van der Waals surface area contributed by atoms with Crippen LogP contribution in [0, 0.1) is 13.8 Å². The fraction of sp³-hybridized carbons (Fsp3) is 0.500. The highest BCUT2D eigenvalue weighted by atomic mass is 16.2. The summed E-state index contributed by atoms with van der Waals surface area (Å²) >= 11 is 0. The molecule has 1 aromatic rings. The molecule has 4 nitrogen and oxygen atoms in total. The fourth-order valence-corrected chi connectivity index (χ4v) is 3.35. The molecule has 1 saturated heterocycles. The Bertz CT molecular complexity index is 588. The summed E-state index contributed by atoms with van der Waals surface area (Å²) in [6.45, 7) is 7.88. The monoisotopic (exact) mass is 272 g/mol. The van der Waals surface area contributed by atoms with Gasteiger partial charge in [0.2, 0.25) is 0 Å². The molecule has 0 saturated carbocycles. The maximum Gasteiger partial charge on any atom is 0.300 e. The van der Waals surface area contributed by atoms with Crippen molar-refractivity contribution in [2.45, 2.75) is 39.8 Å². The van der Waals surface area contributed by atoms with Crippen LogP contribution in [0.2, 0.25) is 0 Å². The number of rotatable bonds is 2. The predicted octanol–water partition coefficient (Wildman–Crippen LogP) is 2.27. The smallest absolute Gasteiger partial charge is 0.289 e. The lowest BCUT2D eigenvalue weighted by molar-refractivity contribution is -0.115. The van der Waals surface area contributed by atoms with Crippen LogP contribution in [0.1, 0.15) is 41.3 Å². The van der Waals surface area contributed by atoms with Gasteiger partial charge in [0.1, 0.15) is 0 Å². The Labute approximate surface area is 119 Å². The minimum atomic E-state index is -0.378. The van der Waals surface area contributed by atoms with E-state index in [1.54, 1.807) is 4.90 Å². The third kappa shape index (κ3) is 1.79. The van der Waals surface area contributed by atoms with E-state index in [2.05, 4.69) is 4.90 Å². The Hall–Kier alpha value is -1.68. The van der Waals surface area contributed by atoms with Crippen LogP contribution in [0.5, 0.6) is 0 Å². The average Bonchev–Trinajstić information content (AvgIpc) is 3.03. The summed E-state index contributed by atoms with van der Waals surface area (Å²) in [6, 6.07) is 3.91. The molecule has 0 spiro atoms. The summed E-state index contributed by atoms with van der Waals surface area (Å²) in [5.74, 6) is -0.732. The zero-order chi connectivity index (χ0) is 14.4. The summed E-state index contributed by atoms with van der Waals surface area (Å²) in [4.78, 5) is 28.7. The molecule has 3 rings (SSSR count). The van der Waals surface area contributed by atoms with Crippen LogP contribution >= 0.6 is 0 Å². The molecule has 1 unspecified atom stereocenters. The molecule has 1 fully saturated rings. The zero-order valence-corrected chi connectivity index (χ0v) is 12.3. The quantitative estimate of drug-likeness (QED) is 0.775. The van der Waals surface area contributed by atoms with E-state index < -0.39 is 0 Å². The number of amides is 1. The zero-order valence-electron chi connectivity index (χ0n) is 12.3. The van der Waals surface area contributed by atoms with Crippen LogP contribution in [-0.2, 0) is 4.79 Å². The lowest BCUT2D eigenvalue weighted by Gasteiger charge is -2.33. The fourth-order valence-electron chi connectivity index (χ4n) is 3.35. The second-order valence-corrected chi connectivity index (χ2v) is 5.80. The summed E-state index contributed by atoms with van der Waals surface area (Å²) in [6.07, 6.45) is 2.29. The largest absolute Gasteiger partial charge is 0.300 e. The second-order valence-electron chi connectivity index (χ2n) is 5.80. The Kier molecular flexibility index (Phi) is 3.13. The number of aryl methyl sites for hydroxylation is 2. The van der Waals surface area contributed by atoms with Crippen molar-refractivity contribution in [2.24, 2.45) is 0 Å². The first kappa shape index (κ1) is 13.3. The first-order chi connectivity index (χ1) is 9.52. The molecule has 0 N–H and O–H groups in total. The van der Waals surface area contributed by atoms with Crippen molar-refractivity contribution in [3.05, 3.63) is 28.8 Å². The van der Waals surface area contributed by atoms with Crippen LogP contribution in [0.25, 0.3) is 0 Å². The molecule has 4 heteroatoms. The molecule has 20 heavy (non-hydrogen) atoms. The van der Waals surface area contributed by atoms with Crippen molar-refractivity contribution in [3.63, 3.8) is 0 Å². The molecule has 106 valence electrons. The van der Waals surface area contributed by atoms with Crippen molar-refractivity contribution in [3.8, 4) is 0 Å². The molecule has 1 amide bonds. The minimum absolute atomic E-state index is 0.0456. The molecule has 1 atom stereocenters. The Morgan fingerprint density at radius 2 is 1.65 bits per heavy atom. The van der Waals surface area contributed by atoms with E-state index in [0.29, 0.717) is 5.56 Å². The third-order valence-corrected chi connectivity index (χ3v) is 4.51. The number of nitrogens with zero attached hydrogens (tertiary/aromatic N) is 2. The number of anilines is 1. The summed E-state index contributed by atoms with van der Waals surface area (Å²) in [7, 11) is 0. The van der Waals surface area contributed by atoms with Gasteiger partial charge in [-0.3, -0.25) is 19.4 Å². The minimum Gasteiger partial charge on any atom is -0.289 e. The molecular weight excluding hydrogens is 252 g/mol. The number of likely N-dealkylation sites (tertiary alicyclic amines) is 1. The van der Waals surface area contributed by atoms with Gasteiger partial charge in [-0.1, -0.05) is 12.1 Å². The van der Waals surface area contributed by atoms with Crippen molar-refractivity contribution in [1.82, 2.24) is 4.90 Å². The highest BCUT2D eigenvalue weighted by Crippen LogP contribution is 2.37. The average molecular weight is 272 g/mol. The van der Waals surface area contributed by atoms with Gasteiger partial charge in [-0.05, 0) is 44.7 Å². The van der Waals surface area contributed by atoms with E-state index in [9.17, 15) is 9.59 Å². The highest BCUT2D eigenvalue weighted by molar-refractivity contribution is 6.52. The van der Waals surface area contributed by atoms with E-state index in [1.807, 2.05) is 32.9 Å². The van der Waals surface area contributed by atoms with Gasteiger partial charge < -0.3 is 0 Å². The molecular formula is C16H20N2O2. The molecule has 2 heterocycles. The number of carbonyl (C=O) groups excluding carboxylic acids is 2. The summed E-state index contributed by atoms with van der Waals surface area (Å²) in [5.41, 5.74) is 3.30. The maximum absolute atomic E-state index is 12.4. The summed E-state index contributed by atoms with van der Waals surface area (Å²) in [5, 5.41) is 0. The van der Waals surface area contributed by atoms with E-state index in [4.69, 9.17) is 0 Å². The first-order valence-corrected chi connectivity index (χ1v) is 7.24. The number of benzene rings is 1. The lowest BCUT2D eigenvalue weighted by Crippen LogP contribution is -2.48. The molecule has 2 aliphatic rings. The van der Waals surface area contributed by atoms with Crippen LogP contribution < -0.4 is 4.90 Å². The lowest BCUT2D eigenvalue weighted by atomic mass is 10.0. The Balaban J connectivity index is 2.08. The Morgan fingerprint density at radius 1 is 1.05 bits per heavy atom. The normalized spacial score (nSPS) is 20.6. The molecule has 0 bridgehead atoms. The third-order valence-electron chi connectivity index (χ3n) is 4.51. The van der Waals surface area contributed by atoms with Crippen LogP contribution in [0.15, 0.2) is 12.1 Å². The van der Waals surface area contributed by atoms with Crippen molar-refractivity contribution in [1.29, 1.82) is 0 Å². The predicted molar refractivity (Wildman–Crippen MR) is 78.0 cm³/mol. The van der Waals surface area contributed by atoms with Crippen LogP contribution in [0.4, 0.5) is 5.69 Å². The molecule has 0 radical (unpaired) electrons. The van der Waals surface area contributed by atoms with Gasteiger partial charge in [-0.25, -0.2) is 0 Å². The van der Waals surface area contributed by atoms with Crippen molar-refractivity contribution < 1.29 is 9.59 Å². The highest BCUT2D eigenvalue weighted by Gasteiger charge is 2.42. The van der Waals surface area contributed by atoms with E-state index in [1.165, 1.54) is 12.8 Å². The van der Waals surface area contributed by atoms with Gasteiger partial charge in [-0.15, -0.1) is 0 Å². The topological polar surface area (TPSA) is 40.6 Å². The van der Waals surface area contributed by atoms with Gasteiger partial charge in [0.15, 0.2) is 0 Å². The van der Waals surface area contributed by atoms with Crippen LogP contribution in [0.3, 0.4) is 0 Å². The SMILES string of the molecule is Cc1ccc(C)c2c1C(=O)C(=O)N2C(C)N1CCCC1. The number of Topliss-reactive ketones (excluding diaryl/α,β-unsaturated/α-hetero) is 1. The second kappa shape index (κ2) is 4.70. The number of carbonyl (C=O) groups is 2. The maximum atomic E-state index is 12.4. The van der Waals surface area contributed by atoms with E-state index in [-0.39, 0.29) is 17.9 Å². The van der Waals surface area contributed by atoms with Crippen molar-refractivity contribution in [2.75, 3.05) is 18.0 Å². The van der Waals surface area contributed by atoms with Gasteiger partial charge >= 0.3 is 5.91 Å². The van der Waals surface area contributed by atoms with Gasteiger partial charge in [0, 0.05) is 13.1 Å². The number of ketones is 1. The van der Waals surface area contributed by atoms with Crippen molar-refractivity contribution >= 4 is 17.4 Å².